The lowest BCUT2D eigenvalue weighted by molar-refractivity contribution is 0.0949. The number of nitrogens with zero attached hydrogens (tertiary/aromatic N) is 1. The minimum atomic E-state index is -3.69. The number of amides is 1. The third-order valence-electron chi connectivity index (χ3n) is 3.80. The van der Waals surface area contributed by atoms with E-state index in [2.05, 4.69) is 15.6 Å². The maximum atomic E-state index is 12.2. The number of ether oxygens (including phenoxy) is 1. The van der Waals surface area contributed by atoms with Crippen LogP contribution in [-0.4, -0.2) is 46.1 Å². The zero-order valence-electron chi connectivity index (χ0n) is 15.1. The number of pyridine rings is 1. The highest BCUT2D eigenvalue weighted by molar-refractivity contribution is 7.89. The molecule has 0 fully saturated rings. The summed E-state index contributed by atoms with van der Waals surface area (Å²) in [6.07, 6.45) is 3.01. The van der Waals surface area contributed by atoms with Gasteiger partial charge in [0.25, 0.3) is 5.91 Å². The van der Waals surface area contributed by atoms with Crippen LogP contribution in [0, 0.1) is 0 Å². The van der Waals surface area contributed by atoms with Gasteiger partial charge in [-0.3, -0.25) is 9.78 Å². The highest BCUT2D eigenvalue weighted by atomic mass is 32.2. The topological polar surface area (TPSA) is 123 Å². The van der Waals surface area contributed by atoms with Gasteiger partial charge in [-0.15, -0.1) is 0 Å². The molecule has 1 amide bonds. The molecule has 2 rings (SSSR count). The minimum Gasteiger partial charge on any atom is -0.385 e. The van der Waals surface area contributed by atoms with E-state index >= 15 is 0 Å². The zero-order valence-corrected chi connectivity index (χ0v) is 16.0. The number of carbonyl (C=O) groups is 1. The fourth-order valence-electron chi connectivity index (χ4n) is 2.37. The lowest BCUT2D eigenvalue weighted by atomic mass is 10.1. The van der Waals surface area contributed by atoms with Crippen molar-refractivity contribution in [1.29, 1.82) is 0 Å². The monoisotopic (exact) mass is 392 g/mol. The molecule has 0 aliphatic carbocycles. The van der Waals surface area contributed by atoms with Gasteiger partial charge in [-0.2, -0.15) is 0 Å². The first-order valence-corrected chi connectivity index (χ1v) is 10.0. The summed E-state index contributed by atoms with van der Waals surface area (Å²) in [6.45, 7) is 1.82. The molecule has 0 saturated heterocycles. The first-order valence-electron chi connectivity index (χ1n) is 8.49. The molecule has 0 unspecified atom stereocenters. The van der Waals surface area contributed by atoms with Gasteiger partial charge >= 0.3 is 0 Å². The van der Waals surface area contributed by atoms with E-state index < -0.39 is 10.0 Å². The van der Waals surface area contributed by atoms with Crippen LogP contribution in [0.4, 0.5) is 5.69 Å². The second kappa shape index (κ2) is 10.0. The van der Waals surface area contributed by atoms with Crippen LogP contribution in [0.25, 0.3) is 0 Å². The number of carbonyl (C=O) groups excluding carboxylic acids is 1. The van der Waals surface area contributed by atoms with E-state index in [0.29, 0.717) is 25.3 Å². The van der Waals surface area contributed by atoms with E-state index in [4.69, 9.17) is 9.88 Å². The summed E-state index contributed by atoms with van der Waals surface area (Å²) in [5.74, 6) is -0.267. The maximum Gasteiger partial charge on any atom is 0.269 e. The predicted molar refractivity (Wildman–Crippen MR) is 103 cm³/mol. The molecule has 0 bridgehead atoms. The Kier molecular flexibility index (Phi) is 7.71. The van der Waals surface area contributed by atoms with Crippen molar-refractivity contribution in [3.8, 4) is 0 Å². The number of primary sulfonamides is 1. The Balaban J connectivity index is 1.83. The third kappa shape index (κ3) is 6.97. The van der Waals surface area contributed by atoms with Gasteiger partial charge in [0.15, 0.2) is 0 Å². The predicted octanol–water partition coefficient (Wildman–Crippen LogP) is 1.15. The molecule has 0 saturated carbocycles. The van der Waals surface area contributed by atoms with E-state index in [1.165, 1.54) is 12.1 Å². The molecule has 0 aliphatic heterocycles. The second-order valence-electron chi connectivity index (χ2n) is 5.90. The number of hydrogen-bond acceptors (Lipinski definition) is 6. The molecule has 4 N–H and O–H groups in total. The number of methoxy groups -OCH3 is 1. The molecule has 0 spiro atoms. The summed E-state index contributed by atoms with van der Waals surface area (Å²) in [5.41, 5.74) is 2.05. The van der Waals surface area contributed by atoms with Crippen LogP contribution in [-0.2, 0) is 21.2 Å². The van der Waals surface area contributed by atoms with Crippen LogP contribution in [0.1, 0.15) is 22.5 Å². The van der Waals surface area contributed by atoms with Gasteiger partial charge in [0.1, 0.15) is 5.69 Å². The summed E-state index contributed by atoms with van der Waals surface area (Å²) in [7, 11) is -2.04. The Morgan fingerprint density at radius 1 is 1.19 bits per heavy atom. The van der Waals surface area contributed by atoms with Crippen molar-refractivity contribution < 1.29 is 17.9 Å². The van der Waals surface area contributed by atoms with Gasteiger partial charge < -0.3 is 15.4 Å². The molecule has 0 aliphatic rings. The lowest BCUT2D eigenvalue weighted by Gasteiger charge is -2.08. The number of nitrogens with two attached hydrogens (primary N) is 1. The van der Waals surface area contributed by atoms with Crippen molar-refractivity contribution >= 4 is 21.6 Å². The normalized spacial score (nSPS) is 11.2. The molecule has 8 nitrogen and oxygen atoms in total. The van der Waals surface area contributed by atoms with Crippen molar-refractivity contribution in [2.45, 2.75) is 17.7 Å². The average Bonchev–Trinajstić information content (AvgIpc) is 2.65. The fourth-order valence-corrected chi connectivity index (χ4v) is 2.89. The molecule has 0 radical (unpaired) electrons. The van der Waals surface area contributed by atoms with Crippen LogP contribution in [0.5, 0.6) is 0 Å². The first-order chi connectivity index (χ1) is 12.9. The van der Waals surface area contributed by atoms with Gasteiger partial charge in [0.2, 0.25) is 10.0 Å². The lowest BCUT2D eigenvalue weighted by Crippen LogP contribution is -2.26. The van der Waals surface area contributed by atoms with E-state index in [1.807, 2.05) is 0 Å². The quantitative estimate of drug-likeness (QED) is 0.521. The Hall–Kier alpha value is -2.49. The first kappa shape index (κ1) is 20.8. The SMILES string of the molecule is COCCCNc1ccnc(C(=O)NCCc2ccc(S(N)(=O)=O)cc2)c1. The Morgan fingerprint density at radius 2 is 1.93 bits per heavy atom. The van der Waals surface area contributed by atoms with Crippen molar-refractivity contribution in [2.75, 3.05) is 32.1 Å². The van der Waals surface area contributed by atoms with Crippen LogP contribution in [0.2, 0.25) is 0 Å². The highest BCUT2D eigenvalue weighted by Crippen LogP contribution is 2.10. The van der Waals surface area contributed by atoms with Crippen molar-refractivity contribution in [1.82, 2.24) is 10.3 Å². The summed E-state index contributed by atoms with van der Waals surface area (Å²) in [5, 5.41) is 11.1. The maximum absolute atomic E-state index is 12.2. The van der Waals surface area contributed by atoms with Crippen LogP contribution < -0.4 is 15.8 Å². The van der Waals surface area contributed by atoms with Crippen LogP contribution in [0.15, 0.2) is 47.5 Å². The minimum absolute atomic E-state index is 0.0642. The molecule has 146 valence electrons. The average molecular weight is 392 g/mol. The smallest absolute Gasteiger partial charge is 0.269 e. The van der Waals surface area contributed by atoms with E-state index in [1.54, 1.807) is 37.6 Å². The van der Waals surface area contributed by atoms with Gasteiger partial charge in [-0.05, 0) is 42.7 Å². The number of benzene rings is 1. The second-order valence-corrected chi connectivity index (χ2v) is 7.46. The number of sulfonamides is 1. The van der Waals surface area contributed by atoms with E-state index in [-0.39, 0.29) is 10.8 Å². The van der Waals surface area contributed by atoms with Gasteiger partial charge in [-0.25, -0.2) is 13.6 Å². The molecule has 27 heavy (non-hydrogen) atoms. The largest absolute Gasteiger partial charge is 0.385 e. The molecule has 1 aromatic heterocycles. The summed E-state index contributed by atoms with van der Waals surface area (Å²) in [4.78, 5) is 16.4. The van der Waals surface area contributed by atoms with Crippen molar-refractivity contribution in [3.63, 3.8) is 0 Å². The summed E-state index contributed by atoms with van der Waals surface area (Å²) >= 11 is 0. The van der Waals surface area contributed by atoms with E-state index in [0.717, 1.165) is 24.2 Å². The Bertz CT molecular complexity index is 854. The Morgan fingerprint density at radius 3 is 2.59 bits per heavy atom. The fraction of sp³-hybridized carbons (Fsp3) is 0.333. The van der Waals surface area contributed by atoms with Crippen molar-refractivity contribution in [2.24, 2.45) is 5.14 Å². The molecule has 1 aromatic carbocycles. The molecule has 9 heteroatoms. The highest BCUT2D eigenvalue weighted by Gasteiger charge is 2.09. The van der Waals surface area contributed by atoms with Gasteiger partial charge in [0.05, 0.1) is 4.90 Å². The summed E-state index contributed by atoms with van der Waals surface area (Å²) in [6, 6.07) is 9.75. The van der Waals surface area contributed by atoms with Gasteiger partial charge in [-0.1, -0.05) is 12.1 Å². The molecular weight excluding hydrogens is 368 g/mol. The summed E-state index contributed by atoms with van der Waals surface area (Å²) < 4.78 is 27.5. The Labute approximate surface area is 159 Å². The standard InChI is InChI=1S/C18H24N4O4S/c1-26-12-2-9-20-15-8-11-21-17(13-15)18(23)22-10-7-14-3-5-16(6-4-14)27(19,24)25/h3-6,8,11,13H,2,7,9-10,12H2,1H3,(H,20,21)(H,22,23)(H2,19,24,25). The molecule has 0 atom stereocenters. The number of nitrogens with one attached hydrogen (secondary N) is 2. The molecule has 2 aromatic rings. The number of hydrogen-bond donors (Lipinski definition) is 3. The van der Waals surface area contributed by atoms with Crippen molar-refractivity contribution in [3.05, 3.63) is 53.9 Å². The number of aromatic nitrogens is 1. The molecule has 1 heterocycles. The van der Waals surface area contributed by atoms with Crippen LogP contribution in [0.3, 0.4) is 0 Å². The molecular formula is C18H24N4O4S. The van der Waals surface area contributed by atoms with Crippen LogP contribution >= 0.6 is 0 Å². The number of rotatable bonds is 10. The van der Waals surface area contributed by atoms with E-state index in [9.17, 15) is 13.2 Å². The third-order valence-corrected chi connectivity index (χ3v) is 4.73. The zero-order chi connectivity index (χ0) is 19.7. The number of anilines is 1. The van der Waals surface area contributed by atoms with Gasteiger partial charge in [0, 0.05) is 38.7 Å².